The Hall–Kier alpha value is -2.87. The molecule has 6 rings (SSSR count). The summed E-state index contributed by atoms with van der Waals surface area (Å²) in [5, 5.41) is 9.42. The maximum Gasteiger partial charge on any atom is 0.140 e. The molecule has 1 aliphatic heterocycles. The molecule has 2 aliphatic carbocycles. The van der Waals surface area contributed by atoms with Gasteiger partial charge in [0.25, 0.3) is 0 Å². The van der Waals surface area contributed by atoms with Gasteiger partial charge in [0.15, 0.2) is 0 Å². The Bertz CT molecular complexity index is 1190. The number of H-pyrrole nitrogens is 1. The van der Waals surface area contributed by atoms with Crippen LogP contribution in [-0.2, 0) is 5.54 Å². The van der Waals surface area contributed by atoms with Gasteiger partial charge in [-0.2, -0.15) is 5.26 Å². The van der Waals surface area contributed by atoms with E-state index >= 15 is 0 Å². The molecule has 174 valence electrons. The first-order chi connectivity index (χ1) is 16.0. The SMILES string of the molecule is CC.CC.CN1c2ccc3[nH]cnc3c2[C@H]2C3CC[C@@H](C3)[C@H]2C1(C)c1ccc(F)c(C#N)c1. The minimum atomic E-state index is -0.443. The fourth-order valence-electron chi connectivity index (χ4n) is 6.94. The predicted octanol–water partition coefficient (Wildman–Crippen LogP) is 7.12. The number of nitrogens with zero attached hydrogens (tertiary/aromatic N) is 3. The second-order valence-electron chi connectivity index (χ2n) is 9.19. The molecule has 0 radical (unpaired) electrons. The number of nitriles is 1. The van der Waals surface area contributed by atoms with Crippen molar-refractivity contribution < 1.29 is 4.39 Å². The molecule has 2 saturated carbocycles. The van der Waals surface area contributed by atoms with Crippen LogP contribution in [0.5, 0.6) is 0 Å². The minimum absolute atomic E-state index is 0.130. The number of aromatic amines is 1. The first-order valence-corrected chi connectivity index (χ1v) is 12.4. The van der Waals surface area contributed by atoms with Crippen molar-refractivity contribution in [1.29, 1.82) is 5.26 Å². The highest BCUT2D eigenvalue weighted by Crippen LogP contribution is 2.67. The Labute approximate surface area is 196 Å². The quantitative estimate of drug-likeness (QED) is 0.433. The van der Waals surface area contributed by atoms with Gasteiger partial charge >= 0.3 is 0 Å². The molecule has 2 bridgehead atoms. The van der Waals surface area contributed by atoms with Crippen molar-refractivity contribution in [3.63, 3.8) is 0 Å². The Morgan fingerprint density at radius 3 is 2.58 bits per heavy atom. The lowest BCUT2D eigenvalue weighted by molar-refractivity contribution is 0.158. The number of rotatable bonds is 1. The van der Waals surface area contributed by atoms with E-state index in [-0.39, 0.29) is 11.1 Å². The van der Waals surface area contributed by atoms with Crippen molar-refractivity contribution in [3.05, 3.63) is 59.2 Å². The molecule has 0 spiro atoms. The third-order valence-electron chi connectivity index (χ3n) is 8.24. The molecule has 2 heterocycles. The highest BCUT2D eigenvalue weighted by Gasteiger charge is 2.60. The maximum absolute atomic E-state index is 14.1. The van der Waals surface area contributed by atoms with E-state index < -0.39 is 5.82 Å². The molecule has 3 aliphatic rings. The Morgan fingerprint density at radius 2 is 1.85 bits per heavy atom. The topological polar surface area (TPSA) is 55.7 Å². The molecule has 5 heteroatoms. The van der Waals surface area contributed by atoms with E-state index in [1.54, 1.807) is 12.4 Å². The molecule has 0 amide bonds. The molecular formula is C28H35FN4. The summed E-state index contributed by atoms with van der Waals surface area (Å²) < 4.78 is 14.1. The van der Waals surface area contributed by atoms with Crippen LogP contribution in [-0.4, -0.2) is 17.0 Å². The normalized spacial score (nSPS) is 28.7. The number of benzene rings is 2. The van der Waals surface area contributed by atoms with Gasteiger partial charge in [-0.05, 0) is 79.7 Å². The summed E-state index contributed by atoms with van der Waals surface area (Å²) in [4.78, 5) is 10.3. The van der Waals surface area contributed by atoms with Gasteiger partial charge in [-0.1, -0.05) is 33.8 Å². The molecule has 4 nitrogen and oxygen atoms in total. The van der Waals surface area contributed by atoms with E-state index in [4.69, 9.17) is 4.98 Å². The summed E-state index contributed by atoms with van der Waals surface area (Å²) in [6.45, 7) is 10.3. The standard InChI is InChI=1S/C24H23FN4.2C2H6/c1-24(16-5-6-17(25)15(10-16)11-26)22-14-4-3-13(9-14)20(22)21-19(29(24)2)8-7-18-23(21)28-12-27-18;2*1-2/h5-8,10,12-14,20,22H,3-4,9H2,1-2H3,(H,27,28);2*1-2H3/t13?,14-,20+,22+,24?;;/m0../s1. The largest absolute Gasteiger partial charge is 0.365 e. The fourth-order valence-corrected chi connectivity index (χ4v) is 6.94. The van der Waals surface area contributed by atoms with Gasteiger partial charge in [-0.25, -0.2) is 9.37 Å². The molecule has 1 aromatic heterocycles. The molecular weight excluding hydrogens is 411 g/mol. The minimum Gasteiger partial charge on any atom is -0.365 e. The van der Waals surface area contributed by atoms with E-state index in [0.717, 1.165) is 16.6 Å². The lowest BCUT2D eigenvalue weighted by Gasteiger charge is -2.55. The molecule has 1 N–H and O–H groups in total. The molecule has 2 fully saturated rings. The smallest absolute Gasteiger partial charge is 0.140 e. The van der Waals surface area contributed by atoms with Crippen molar-refractivity contribution in [1.82, 2.24) is 9.97 Å². The number of nitrogens with one attached hydrogen (secondary N) is 1. The highest BCUT2D eigenvalue weighted by atomic mass is 19.1. The monoisotopic (exact) mass is 446 g/mol. The summed E-state index contributed by atoms with van der Waals surface area (Å²) in [6, 6.07) is 11.5. The highest BCUT2D eigenvalue weighted by molar-refractivity contribution is 5.86. The maximum atomic E-state index is 14.1. The summed E-state index contributed by atoms with van der Waals surface area (Å²) in [7, 11) is 2.15. The molecule has 0 saturated heterocycles. The molecule has 3 aromatic rings. The first kappa shape index (κ1) is 23.3. The van der Waals surface area contributed by atoms with Gasteiger partial charge in [0, 0.05) is 18.3 Å². The van der Waals surface area contributed by atoms with E-state index in [9.17, 15) is 9.65 Å². The van der Waals surface area contributed by atoms with E-state index in [2.05, 4.69) is 36.0 Å². The third-order valence-corrected chi connectivity index (χ3v) is 8.24. The first-order valence-electron chi connectivity index (χ1n) is 12.4. The van der Waals surface area contributed by atoms with Crippen LogP contribution in [0.15, 0.2) is 36.7 Å². The van der Waals surface area contributed by atoms with Gasteiger partial charge in [0.05, 0.1) is 28.5 Å². The fraction of sp³-hybridized carbons (Fsp3) is 0.500. The zero-order valence-corrected chi connectivity index (χ0v) is 20.6. The molecule has 2 aromatic carbocycles. The number of imidazole rings is 1. The van der Waals surface area contributed by atoms with Crippen molar-refractivity contribution >= 4 is 16.7 Å². The van der Waals surface area contributed by atoms with Gasteiger partial charge < -0.3 is 9.88 Å². The number of hydrogen-bond donors (Lipinski definition) is 1. The molecule has 2 unspecified atom stereocenters. The molecule has 5 atom stereocenters. The predicted molar refractivity (Wildman–Crippen MR) is 133 cm³/mol. The lowest BCUT2D eigenvalue weighted by Crippen LogP contribution is -2.54. The zero-order chi connectivity index (χ0) is 23.9. The summed E-state index contributed by atoms with van der Waals surface area (Å²) in [5.74, 6) is 1.76. The van der Waals surface area contributed by atoms with Gasteiger partial charge in [0.1, 0.15) is 11.9 Å². The lowest BCUT2D eigenvalue weighted by atomic mass is 9.61. The third kappa shape index (κ3) is 3.18. The average Bonchev–Trinajstić information content (AvgIpc) is 3.61. The number of aromatic nitrogens is 2. The second-order valence-corrected chi connectivity index (χ2v) is 9.19. The van der Waals surface area contributed by atoms with Crippen molar-refractivity contribution in [2.24, 2.45) is 17.8 Å². The van der Waals surface area contributed by atoms with Crippen LogP contribution in [0.4, 0.5) is 10.1 Å². The Balaban J connectivity index is 0.000000617. The van der Waals surface area contributed by atoms with Crippen LogP contribution in [0.25, 0.3) is 11.0 Å². The van der Waals surface area contributed by atoms with Crippen molar-refractivity contribution in [2.75, 3.05) is 11.9 Å². The van der Waals surface area contributed by atoms with Crippen LogP contribution < -0.4 is 4.90 Å². The van der Waals surface area contributed by atoms with Crippen LogP contribution in [0.3, 0.4) is 0 Å². The van der Waals surface area contributed by atoms with Crippen LogP contribution in [0.1, 0.15) is 76.5 Å². The van der Waals surface area contributed by atoms with Crippen molar-refractivity contribution in [2.45, 2.75) is 65.3 Å². The number of fused-ring (bicyclic) bond motifs is 9. The van der Waals surface area contributed by atoms with Gasteiger partial charge in [0.2, 0.25) is 0 Å². The summed E-state index contributed by atoms with van der Waals surface area (Å²) in [6.07, 6.45) is 5.58. The Kier molecular flexibility index (Phi) is 6.22. The average molecular weight is 447 g/mol. The summed E-state index contributed by atoms with van der Waals surface area (Å²) >= 11 is 0. The van der Waals surface area contributed by atoms with Gasteiger partial charge in [-0.15, -0.1) is 0 Å². The molecule has 33 heavy (non-hydrogen) atoms. The number of anilines is 1. The number of hydrogen-bond acceptors (Lipinski definition) is 3. The zero-order valence-electron chi connectivity index (χ0n) is 20.6. The van der Waals surface area contributed by atoms with Gasteiger partial charge in [-0.3, -0.25) is 0 Å². The number of halogens is 1. The van der Waals surface area contributed by atoms with E-state index in [1.807, 2.05) is 39.8 Å². The van der Waals surface area contributed by atoms with E-state index in [0.29, 0.717) is 23.7 Å². The van der Waals surface area contributed by atoms with Crippen LogP contribution in [0, 0.1) is 34.9 Å². The van der Waals surface area contributed by atoms with E-state index in [1.165, 1.54) is 36.6 Å². The van der Waals surface area contributed by atoms with Crippen LogP contribution in [0.2, 0.25) is 0 Å². The second kappa shape index (κ2) is 8.82. The van der Waals surface area contributed by atoms with Crippen molar-refractivity contribution in [3.8, 4) is 6.07 Å². The Morgan fingerprint density at radius 1 is 1.12 bits per heavy atom. The summed E-state index contributed by atoms with van der Waals surface area (Å²) in [5.41, 5.74) is 5.65. The van der Waals surface area contributed by atoms with Crippen LogP contribution >= 0.6 is 0 Å².